The number of hydrogen-bond donors (Lipinski definition) is 2. The SMILES string of the molecule is C=C/C(=C\C=C(/CC)N1CCC(N)CC1)C(=O)NCCC(=O)OCc1ccccc1.CC.CC. The minimum Gasteiger partial charge on any atom is -0.461 e. The van der Waals surface area contributed by atoms with Gasteiger partial charge < -0.3 is 20.7 Å². The molecule has 0 saturated carbocycles. The van der Waals surface area contributed by atoms with E-state index in [2.05, 4.69) is 23.7 Å². The third-order valence-electron chi connectivity index (χ3n) is 5.10. The highest BCUT2D eigenvalue weighted by atomic mass is 16.5. The summed E-state index contributed by atoms with van der Waals surface area (Å²) in [4.78, 5) is 26.6. The van der Waals surface area contributed by atoms with Crippen molar-refractivity contribution < 1.29 is 14.3 Å². The fourth-order valence-electron chi connectivity index (χ4n) is 3.25. The van der Waals surface area contributed by atoms with Crippen LogP contribution in [0, 0.1) is 0 Å². The van der Waals surface area contributed by atoms with Crippen LogP contribution in [0.25, 0.3) is 0 Å². The lowest BCUT2D eigenvalue weighted by atomic mass is 10.0. The number of likely N-dealkylation sites (tertiary alicyclic amines) is 1. The minimum absolute atomic E-state index is 0.118. The van der Waals surface area contributed by atoms with E-state index in [9.17, 15) is 9.59 Å². The zero-order chi connectivity index (χ0) is 25.8. The van der Waals surface area contributed by atoms with Crippen LogP contribution >= 0.6 is 0 Å². The van der Waals surface area contributed by atoms with E-state index in [-0.39, 0.29) is 37.5 Å². The van der Waals surface area contributed by atoms with Crippen molar-refractivity contribution in [2.45, 2.75) is 73.0 Å². The molecule has 0 bridgehead atoms. The Morgan fingerprint density at radius 3 is 2.29 bits per heavy atom. The maximum atomic E-state index is 12.4. The number of carbonyl (C=O) groups excluding carboxylic acids is 2. The first-order valence-electron chi connectivity index (χ1n) is 12.5. The predicted octanol–water partition coefficient (Wildman–Crippen LogP) is 5.12. The highest BCUT2D eigenvalue weighted by molar-refractivity contribution is 5.96. The number of nitrogens with one attached hydrogen (secondary N) is 1. The first kappa shape index (κ1) is 31.1. The lowest BCUT2D eigenvalue weighted by Gasteiger charge is -2.33. The summed E-state index contributed by atoms with van der Waals surface area (Å²) in [5.74, 6) is -0.604. The molecule has 1 aliphatic rings. The Morgan fingerprint density at radius 2 is 1.74 bits per heavy atom. The molecule has 1 saturated heterocycles. The number of rotatable bonds is 10. The lowest BCUT2D eigenvalue weighted by molar-refractivity contribution is -0.144. The van der Waals surface area contributed by atoms with Gasteiger partial charge in [0.1, 0.15) is 6.61 Å². The molecule has 1 fully saturated rings. The molecule has 1 heterocycles. The third-order valence-corrected chi connectivity index (χ3v) is 5.10. The number of allylic oxidation sites excluding steroid dienone is 3. The van der Waals surface area contributed by atoms with Gasteiger partial charge in [0.25, 0.3) is 5.91 Å². The smallest absolute Gasteiger partial charge is 0.307 e. The number of benzene rings is 1. The first-order valence-corrected chi connectivity index (χ1v) is 12.5. The monoisotopic (exact) mass is 471 g/mol. The Hall–Kier alpha value is -2.86. The summed E-state index contributed by atoms with van der Waals surface area (Å²) in [5, 5.41) is 2.75. The topological polar surface area (TPSA) is 84.7 Å². The van der Waals surface area contributed by atoms with Crippen LogP contribution in [0.1, 0.15) is 65.9 Å². The number of nitrogens with two attached hydrogens (primary N) is 1. The highest BCUT2D eigenvalue weighted by Crippen LogP contribution is 2.17. The summed E-state index contributed by atoms with van der Waals surface area (Å²) in [6, 6.07) is 9.77. The fraction of sp³-hybridized carbons (Fsp3) is 0.500. The molecule has 3 N–H and O–H groups in total. The van der Waals surface area contributed by atoms with Gasteiger partial charge in [-0.15, -0.1) is 0 Å². The van der Waals surface area contributed by atoms with Gasteiger partial charge in [-0.1, -0.05) is 77.6 Å². The molecule has 0 aromatic heterocycles. The summed E-state index contributed by atoms with van der Waals surface area (Å²) in [7, 11) is 0. The van der Waals surface area contributed by atoms with Crippen molar-refractivity contribution in [1.82, 2.24) is 10.2 Å². The second-order valence-corrected chi connectivity index (χ2v) is 7.31. The van der Waals surface area contributed by atoms with Gasteiger partial charge in [-0.05, 0) is 37.0 Å². The van der Waals surface area contributed by atoms with E-state index in [0.717, 1.165) is 37.9 Å². The molecule has 1 aliphatic heterocycles. The number of esters is 1. The molecular weight excluding hydrogens is 426 g/mol. The molecule has 0 aliphatic carbocycles. The maximum Gasteiger partial charge on any atom is 0.307 e. The molecular formula is C28H45N3O3. The van der Waals surface area contributed by atoms with Gasteiger partial charge in [0.15, 0.2) is 0 Å². The summed E-state index contributed by atoms with van der Waals surface area (Å²) in [6.45, 7) is 16.2. The molecule has 0 unspecified atom stereocenters. The molecule has 34 heavy (non-hydrogen) atoms. The molecule has 190 valence electrons. The van der Waals surface area contributed by atoms with Crippen molar-refractivity contribution >= 4 is 11.9 Å². The first-order chi connectivity index (χ1) is 16.5. The third kappa shape index (κ3) is 12.4. The molecule has 1 amide bonds. The van der Waals surface area contributed by atoms with Crippen LogP contribution in [0.4, 0.5) is 0 Å². The van der Waals surface area contributed by atoms with E-state index in [1.807, 2.05) is 64.1 Å². The van der Waals surface area contributed by atoms with E-state index >= 15 is 0 Å². The number of nitrogens with zero attached hydrogens (tertiary/aromatic N) is 1. The Balaban J connectivity index is 0.00000258. The van der Waals surface area contributed by atoms with Crippen LogP contribution in [0.3, 0.4) is 0 Å². The van der Waals surface area contributed by atoms with E-state index in [4.69, 9.17) is 10.5 Å². The second-order valence-electron chi connectivity index (χ2n) is 7.31. The number of hydrogen-bond acceptors (Lipinski definition) is 5. The van der Waals surface area contributed by atoms with Gasteiger partial charge >= 0.3 is 5.97 Å². The summed E-state index contributed by atoms with van der Waals surface area (Å²) < 4.78 is 5.22. The number of piperidine rings is 1. The summed E-state index contributed by atoms with van der Waals surface area (Å²) in [6.07, 6.45) is 8.24. The largest absolute Gasteiger partial charge is 0.461 e. The van der Waals surface area contributed by atoms with Crippen molar-refractivity contribution in [3.05, 3.63) is 72.0 Å². The number of ether oxygens (including phenoxy) is 1. The van der Waals surface area contributed by atoms with Crippen LogP contribution in [0.2, 0.25) is 0 Å². The summed E-state index contributed by atoms with van der Waals surface area (Å²) >= 11 is 0. The van der Waals surface area contributed by atoms with Crippen LogP contribution in [0.5, 0.6) is 0 Å². The van der Waals surface area contributed by atoms with Gasteiger partial charge in [0.2, 0.25) is 0 Å². The van der Waals surface area contributed by atoms with Crippen molar-refractivity contribution in [3.8, 4) is 0 Å². The normalized spacial score (nSPS) is 14.1. The Morgan fingerprint density at radius 1 is 1.12 bits per heavy atom. The quantitative estimate of drug-likeness (QED) is 0.281. The van der Waals surface area contributed by atoms with E-state index in [0.29, 0.717) is 5.57 Å². The second kappa shape index (κ2) is 19.6. The van der Waals surface area contributed by atoms with Crippen molar-refractivity contribution in [3.63, 3.8) is 0 Å². The molecule has 6 heteroatoms. The van der Waals surface area contributed by atoms with E-state index in [1.54, 1.807) is 6.08 Å². The van der Waals surface area contributed by atoms with E-state index < -0.39 is 0 Å². The van der Waals surface area contributed by atoms with Gasteiger partial charge in [-0.25, -0.2) is 0 Å². The van der Waals surface area contributed by atoms with Crippen molar-refractivity contribution in [1.29, 1.82) is 0 Å². The van der Waals surface area contributed by atoms with Gasteiger partial charge in [-0.2, -0.15) is 0 Å². The van der Waals surface area contributed by atoms with E-state index in [1.165, 1.54) is 11.8 Å². The van der Waals surface area contributed by atoms with Crippen LogP contribution in [-0.2, 0) is 20.9 Å². The predicted molar refractivity (Wildman–Crippen MR) is 142 cm³/mol. The van der Waals surface area contributed by atoms with Crippen LogP contribution in [0.15, 0.2) is 66.4 Å². The molecule has 0 atom stereocenters. The lowest BCUT2D eigenvalue weighted by Crippen LogP contribution is -2.39. The molecule has 1 aromatic rings. The standard InChI is InChI=1S/C24H33N3O3.2C2H6/c1-3-20(10-11-22(4-2)27-16-13-21(25)14-17-27)24(29)26-15-12-23(28)30-18-19-8-6-5-7-9-19;2*1-2/h3,5-11,21H,1,4,12-18,25H2,2H3,(H,26,29);2*1-2H3/b20-10+,22-11+;;. The zero-order valence-corrected chi connectivity index (χ0v) is 21.8. The maximum absolute atomic E-state index is 12.4. The molecule has 0 spiro atoms. The fourth-order valence-corrected chi connectivity index (χ4v) is 3.25. The zero-order valence-electron chi connectivity index (χ0n) is 21.8. The van der Waals surface area contributed by atoms with Gasteiger partial charge in [-0.3, -0.25) is 9.59 Å². The number of carbonyl (C=O) groups is 2. The number of amides is 1. The average molecular weight is 472 g/mol. The average Bonchev–Trinajstić information content (AvgIpc) is 2.89. The molecule has 1 aromatic carbocycles. The molecule has 0 radical (unpaired) electrons. The minimum atomic E-state index is -0.347. The van der Waals surface area contributed by atoms with Crippen molar-refractivity contribution in [2.75, 3.05) is 19.6 Å². The Kier molecular flexibility index (Phi) is 17.9. The Bertz CT molecular complexity index is 764. The highest BCUT2D eigenvalue weighted by Gasteiger charge is 2.17. The van der Waals surface area contributed by atoms with Crippen LogP contribution < -0.4 is 11.1 Å². The van der Waals surface area contributed by atoms with Gasteiger partial charge in [0, 0.05) is 36.9 Å². The Labute approximate surface area is 206 Å². The summed E-state index contributed by atoms with van der Waals surface area (Å²) in [5.41, 5.74) is 8.56. The van der Waals surface area contributed by atoms with Gasteiger partial charge in [0.05, 0.1) is 6.42 Å². The molecule has 2 rings (SSSR count). The molecule has 6 nitrogen and oxygen atoms in total. The van der Waals surface area contributed by atoms with Crippen molar-refractivity contribution in [2.24, 2.45) is 5.73 Å². The van der Waals surface area contributed by atoms with Crippen LogP contribution in [-0.4, -0.2) is 42.5 Å².